The van der Waals surface area contributed by atoms with Crippen molar-refractivity contribution in [3.8, 4) is 0 Å². The number of anilines is 1. The van der Waals surface area contributed by atoms with E-state index in [9.17, 15) is 9.90 Å². The molecule has 2 aromatic heterocycles. The molecule has 0 aliphatic rings. The molecule has 1 unspecified atom stereocenters. The van der Waals surface area contributed by atoms with Gasteiger partial charge in [-0.2, -0.15) is 0 Å². The average Bonchev–Trinajstić information content (AvgIpc) is 2.98. The van der Waals surface area contributed by atoms with Crippen LogP contribution in [0.3, 0.4) is 0 Å². The van der Waals surface area contributed by atoms with Gasteiger partial charge in [0.2, 0.25) is 0 Å². The van der Waals surface area contributed by atoms with Gasteiger partial charge in [-0.05, 0) is 66.0 Å². The van der Waals surface area contributed by atoms with Crippen molar-refractivity contribution in [3.05, 3.63) is 74.0 Å². The molecule has 2 N–H and O–H groups in total. The lowest BCUT2D eigenvalue weighted by Crippen LogP contribution is -2.22. The Labute approximate surface area is 187 Å². The summed E-state index contributed by atoms with van der Waals surface area (Å²) in [4.78, 5) is 20.4. The van der Waals surface area contributed by atoms with Gasteiger partial charge in [-0.1, -0.05) is 29.3 Å². The number of hydrogen-bond acceptors (Lipinski definition) is 4. The molecule has 3 rings (SSSR count). The molecule has 0 aliphatic carbocycles. The van der Waals surface area contributed by atoms with Gasteiger partial charge < -0.3 is 15.0 Å². The summed E-state index contributed by atoms with van der Waals surface area (Å²) < 4.78 is 2.30. The number of imidazole rings is 1. The van der Waals surface area contributed by atoms with E-state index < -0.39 is 12.0 Å². The van der Waals surface area contributed by atoms with E-state index in [0.717, 1.165) is 11.1 Å². The van der Waals surface area contributed by atoms with Gasteiger partial charge in [0, 0.05) is 17.3 Å². The summed E-state index contributed by atoms with van der Waals surface area (Å²) in [5, 5.41) is 14.3. The first-order chi connectivity index (χ1) is 13.7. The Kier molecular flexibility index (Phi) is 6.51. The molecule has 29 heavy (non-hydrogen) atoms. The van der Waals surface area contributed by atoms with Gasteiger partial charge in [0.1, 0.15) is 0 Å². The molecule has 0 saturated heterocycles. The number of rotatable bonds is 6. The van der Waals surface area contributed by atoms with Crippen molar-refractivity contribution in [2.45, 2.75) is 32.9 Å². The number of halogens is 3. The smallest absolute Gasteiger partial charge is 0.356 e. The highest BCUT2D eigenvalue weighted by Gasteiger charge is 2.30. The quantitative estimate of drug-likeness (QED) is 0.427. The van der Waals surface area contributed by atoms with Crippen LogP contribution in [0.15, 0.2) is 41.4 Å². The lowest BCUT2D eigenvalue weighted by Gasteiger charge is -2.26. The van der Waals surface area contributed by atoms with Crippen molar-refractivity contribution >= 4 is 50.8 Å². The minimum Gasteiger partial charge on any atom is -0.476 e. The Morgan fingerprint density at radius 1 is 1.21 bits per heavy atom. The highest BCUT2D eigenvalue weighted by atomic mass is 79.9. The van der Waals surface area contributed by atoms with Crippen LogP contribution in [0.2, 0.25) is 10.0 Å². The molecule has 0 saturated carbocycles. The third-order valence-corrected chi connectivity index (χ3v) is 5.46. The van der Waals surface area contributed by atoms with Crippen LogP contribution >= 0.6 is 39.1 Å². The summed E-state index contributed by atoms with van der Waals surface area (Å²) in [6, 6.07) is 6.67. The summed E-state index contributed by atoms with van der Waals surface area (Å²) >= 11 is 15.7. The topological polar surface area (TPSA) is 80.0 Å². The summed E-state index contributed by atoms with van der Waals surface area (Å²) in [5.74, 6) is -1.11. The molecule has 9 heteroatoms. The zero-order chi connectivity index (χ0) is 21.3. The lowest BCUT2D eigenvalue weighted by atomic mass is 9.96. The molecule has 0 bridgehead atoms. The Hall–Kier alpha value is -2.09. The average molecular weight is 498 g/mol. The number of pyridine rings is 1. The van der Waals surface area contributed by atoms with Gasteiger partial charge in [0.25, 0.3) is 0 Å². The van der Waals surface area contributed by atoms with Crippen molar-refractivity contribution < 1.29 is 9.90 Å². The van der Waals surface area contributed by atoms with E-state index in [1.807, 2.05) is 37.5 Å². The second kappa shape index (κ2) is 8.73. The molecule has 1 atom stereocenters. The van der Waals surface area contributed by atoms with E-state index in [1.54, 1.807) is 18.3 Å². The number of carbonyl (C=O) groups is 1. The normalized spacial score (nSPS) is 12.2. The number of nitrogens with zero attached hydrogens (tertiary/aromatic N) is 3. The fraction of sp³-hybridized carbons (Fsp3) is 0.250. The second-order valence-corrected chi connectivity index (χ2v) is 8.44. The first-order valence-corrected chi connectivity index (χ1v) is 10.4. The van der Waals surface area contributed by atoms with Gasteiger partial charge in [0.15, 0.2) is 10.4 Å². The SMILES string of the molecule is Cc1cc(Cl)ccc1C(Nc1cncc(Cl)c1)c1c(C(=O)O)nc(Br)n1C(C)C. The third-order valence-electron chi connectivity index (χ3n) is 4.46. The van der Waals surface area contributed by atoms with Crippen LogP contribution in [0.25, 0.3) is 0 Å². The molecule has 152 valence electrons. The Bertz CT molecular complexity index is 1070. The van der Waals surface area contributed by atoms with Crippen LogP contribution < -0.4 is 5.32 Å². The minimum atomic E-state index is -1.11. The van der Waals surface area contributed by atoms with Gasteiger partial charge in [0.05, 0.1) is 28.6 Å². The van der Waals surface area contributed by atoms with Crippen LogP contribution in [0, 0.1) is 6.92 Å². The van der Waals surface area contributed by atoms with Gasteiger partial charge >= 0.3 is 5.97 Å². The molecular weight excluding hydrogens is 479 g/mol. The van der Waals surface area contributed by atoms with E-state index in [0.29, 0.717) is 26.2 Å². The number of aryl methyl sites for hydroxylation is 1. The molecule has 1 aromatic carbocycles. The highest BCUT2D eigenvalue weighted by Crippen LogP contribution is 2.36. The molecule has 0 fully saturated rings. The maximum absolute atomic E-state index is 12.0. The number of nitrogens with one attached hydrogen (secondary N) is 1. The zero-order valence-electron chi connectivity index (χ0n) is 15.9. The van der Waals surface area contributed by atoms with Gasteiger partial charge in [-0.3, -0.25) is 4.98 Å². The van der Waals surface area contributed by atoms with Gasteiger partial charge in [-0.15, -0.1) is 0 Å². The van der Waals surface area contributed by atoms with E-state index in [-0.39, 0.29) is 11.7 Å². The maximum Gasteiger partial charge on any atom is 0.356 e. The number of benzene rings is 1. The predicted octanol–water partition coefficient (Wildman–Crippen LogP) is 6.14. The molecule has 0 radical (unpaired) electrons. The first kappa shape index (κ1) is 21.6. The van der Waals surface area contributed by atoms with Crippen LogP contribution in [-0.2, 0) is 0 Å². The third kappa shape index (κ3) is 4.57. The number of carboxylic acids is 1. The van der Waals surface area contributed by atoms with Crippen molar-refractivity contribution in [2.75, 3.05) is 5.32 Å². The van der Waals surface area contributed by atoms with Crippen LogP contribution in [-0.4, -0.2) is 25.6 Å². The fourth-order valence-electron chi connectivity index (χ4n) is 3.26. The number of carboxylic acid groups (broad SMARTS) is 1. The molecule has 0 spiro atoms. The maximum atomic E-state index is 12.0. The molecule has 0 aliphatic heterocycles. The van der Waals surface area contributed by atoms with Crippen molar-refractivity contribution in [3.63, 3.8) is 0 Å². The predicted molar refractivity (Wildman–Crippen MR) is 118 cm³/mol. The van der Waals surface area contributed by atoms with E-state index in [4.69, 9.17) is 23.2 Å². The summed E-state index contributed by atoms with van der Waals surface area (Å²) in [7, 11) is 0. The molecular formula is C20H19BrCl2N4O2. The Morgan fingerprint density at radius 2 is 1.93 bits per heavy atom. The highest BCUT2D eigenvalue weighted by molar-refractivity contribution is 9.10. The summed E-state index contributed by atoms with van der Waals surface area (Å²) in [6.07, 6.45) is 3.17. The van der Waals surface area contributed by atoms with Crippen LogP contribution in [0.1, 0.15) is 53.2 Å². The molecule has 3 aromatic rings. The lowest BCUT2D eigenvalue weighted by molar-refractivity contribution is 0.0689. The number of aromatic carboxylic acids is 1. The first-order valence-electron chi connectivity index (χ1n) is 8.83. The van der Waals surface area contributed by atoms with E-state index in [2.05, 4.69) is 31.2 Å². The fourth-order valence-corrected chi connectivity index (χ4v) is 4.43. The van der Waals surface area contributed by atoms with E-state index >= 15 is 0 Å². The Balaban J connectivity index is 2.27. The monoisotopic (exact) mass is 496 g/mol. The number of aromatic nitrogens is 3. The minimum absolute atomic E-state index is 0.0330. The van der Waals surface area contributed by atoms with Crippen LogP contribution in [0.5, 0.6) is 0 Å². The molecule has 2 heterocycles. The zero-order valence-corrected chi connectivity index (χ0v) is 19.0. The van der Waals surface area contributed by atoms with Crippen molar-refractivity contribution in [1.29, 1.82) is 0 Å². The largest absolute Gasteiger partial charge is 0.476 e. The molecule has 6 nitrogen and oxygen atoms in total. The van der Waals surface area contributed by atoms with Crippen molar-refractivity contribution in [2.24, 2.45) is 0 Å². The number of hydrogen-bond donors (Lipinski definition) is 2. The van der Waals surface area contributed by atoms with Gasteiger partial charge in [-0.25, -0.2) is 9.78 Å². The Morgan fingerprint density at radius 3 is 2.52 bits per heavy atom. The molecule has 0 amide bonds. The second-order valence-electron chi connectivity index (χ2n) is 6.85. The van der Waals surface area contributed by atoms with Crippen molar-refractivity contribution in [1.82, 2.24) is 14.5 Å². The summed E-state index contributed by atoms with van der Waals surface area (Å²) in [5.41, 5.74) is 2.91. The standard InChI is InChI=1S/C20H19BrCl2N4O2/c1-10(2)27-18(17(19(28)29)26-20(27)21)16(15-5-4-12(22)6-11(15)3)25-14-7-13(23)8-24-9-14/h4-10,16,25H,1-3H3,(H,28,29). The van der Waals surface area contributed by atoms with Crippen LogP contribution in [0.4, 0.5) is 5.69 Å². The summed E-state index contributed by atoms with van der Waals surface area (Å²) in [6.45, 7) is 5.86. The van der Waals surface area contributed by atoms with E-state index in [1.165, 1.54) is 6.20 Å².